The molecule has 2 rings (SSSR count). The molecule has 0 unspecified atom stereocenters. The molecule has 1 aromatic heterocycles. The minimum Gasteiger partial charge on any atom is -0.477 e. The lowest BCUT2D eigenvalue weighted by Gasteiger charge is -2.30. The minimum atomic E-state index is -1.08. The normalized spacial score (nSPS) is 18.7. The first-order valence-electron chi connectivity index (χ1n) is 9.30. The number of nitrogens with zero attached hydrogens (tertiary/aromatic N) is 1. The Morgan fingerprint density at radius 3 is 2.56 bits per heavy atom. The summed E-state index contributed by atoms with van der Waals surface area (Å²) in [7, 11) is 0. The van der Waals surface area contributed by atoms with Crippen LogP contribution in [0.1, 0.15) is 50.5 Å². The van der Waals surface area contributed by atoms with Crippen molar-refractivity contribution in [2.45, 2.75) is 45.6 Å². The molecule has 1 aliphatic carbocycles. The van der Waals surface area contributed by atoms with Crippen LogP contribution >= 0.6 is 15.9 Å². The third-order valence-corrected chi connectivity index (χ3v) is 5.61. The molecular formula is C19H27BrN2O5. The number of rotatable bonds is 10. The predicted octanol–water partition coefficient (Wildman–Crippen LogP) is 2.70. The summed E-state index contributed by atoms with van der Waals surface area (Å²) in [6.45, 7) is 6.25. The van der Waals surface area contributed by atoms with E-state index < -0.39 is 17.4 Å². The fourth-order valence-corrected chi connectivity index (χ4v) is 3.23. The van der Waals surface area contributed by atoms with Gasteiger partial charge in [0.2, 0.25) is 5.88 Å². The van der Waals surface area contributed by atoms with Gasteiger partial charge in [0.15, 0.2) is 0 Å². The number of amides is 1. The predicted molar refractivity (Wildman–Crippen MR) is 104 cm³/mol. The largest absolute Gasteiger partial charge is 0.477 e. The van der Waals surface area contributed by atoms with Crippen LogP contribution in [0.2, 0.25) is 0 Å². The Morgan fingerprint density at radius 1 is 1.30 bits per heavy atom. The van der Waals surface area contributed by atoms with Gasteiger partial charge in [0, 0.05) is 6.61 Å². The summed E-state index contributed by atoms with van der Waals surface area (Å²) in [5, 5.41) is 11.9. The van der Waals surface area contributed by atoms with Crippen molar-refractivity contribution in [2.75, 3.05) is 19.8 Å². The third-order valence-electron chi connectivity index (χ3n) is 5.01. The molecule has 1 aromatic rings. The molecule has 2 atom stereocenters. The van der Waals surface area contributed by atoms with Gasteiger partial charge in [-0.2, -0.15) is 0 Å². The molecule has 0 radical (unpaired) electrons. The van der Waals surface area contributed by atoms with Gasteiger partial charge in [-0.15, -0.1) is 0 Å². The fraction of sp³-hybridized carbons (Fsp3) is 0.632. The van der Waals surface area contributed by atoms with Gasteiger partial charge in [0.05, 0.1) is 17.7 Å². The van der Waals surface area contributed by atoms with Crippen LogP contribution in [0.4, 0.5) is 0 Å². The highest BCUT2D eigenvalue weighted by Gasteiger charge is 2.39. The molecule has 1 heterocycles. The number of aliphatic hydroxyl groups excluding tert-OH is 1. The maximum absolute atomic E-state index is 12.7. The van der Waals surface area contributed by atoms with Crippen molar-refractivity contribution in [3.63, 3.8) is 0 Å². The topological polar surface area (TPSA) is 97.8 Å². The lowest BCUT2D eigenvalue weighted by Crippen LogP contribution is -2.54. The summed E-state index contributed by atoms with van der Waals surface area (Å²) in [5.41, 5.74) is -0.913. The first kappa shape index (κ1) is 21.6. The number of aromatic nitrogens is 1. The molecule has 27 heavy (non-hydrogen) atoms. The summed E-state index contributed by atoms with van der Waals surface area (Å²) in [6.07, 6.45) is 1.76. The Kier molecular flexibility index (Phi) is 7.61. The molecule has 0 saturated heterocycles. The van der Waals surface area contributed by atoms with E-state index >= 15 is 0 Å². The quantitative estimate of drug-likeness (QED) is 0.540. The van der Waals surface area contributed by atoms with E-state index in [0.29, 0.717) is 35.7 Å². The van der Waals surface area contributed by atoms with Crippen LogP contribution in [-0.4, -0.2) is 47.3 Å². The van der Waals surface area contributed by atoms with E-state index in [1.807, 2.05) is 13.8 Å². The van der Waals surface area contributed by atoms with E-state index in [1.165, 1.54) is 0 Å². The van der Waals surface area contributed by atoms with Gasteiger partial charge in [-0.1, -0.05) is 13.8 Å². The van der Waals surface area contributed by atoms with E-state index in [4.69, 9.17) is 14.6 Å². The number of pyridine rings is 1. The summed E-state index contributed by atoms with van der Waals surface area (Å²) < 4.78 is 11.5. The zero-order chi connectivity index (χ0) is 20.0. The SMILES string of the molecule is CCOC(=O)C(CC)(CC)NC(=O)c1ccc(Br)c(OC[C@H]2C[C@@H]2CO)n1. The molecule has 1 fully saturated rings. The van der Waals surface area contributed by atoms with Crippen LogP contribution in [0.3, 0.4) is 0 Å². The van der Waals surface area contributed by atoms with E-state index in [9.17, 15) is 9.59 Å². The van der Waals surface area contributed by atoms with Crippen LogP contribution in [0.5, 0.6) is 5.88 Å². The van der Waals surface area contributed by atoms with Gasteiger partial charge < -0.3 is 19.9 Å². The molecule has 2 N–H and O–H groups in total. The van der Waals surface area contributed by atoms with E-state index in [-0.39, 0.29) is 24.8 Å². The monoisotopic (exact) mass is 442 g/mol. The Balaban J connectivity index is 2.10. The van der Waals surface area contributed by atoms with Crippen molar-refractivity contribution in [3.8, 4) is 5.88 Å². The highest BCUT2D eigenvalue weighted by atomic mass is 79.9. The fourth-order valence-electron chi connectivity index (χ4n) is 2.89. The number of hydrogen-bond donors (Lipinski definition) is 2. The summed E-state index contributed by atoms with van der Waals surface area (Å²) >= 11 is 3.37. The number of aliphatic hydroxyl groups is 1. The molecule has 0 aromatic carbocycles. The zero-order valence-corrected chi connectivity index (χ0v) is 17.5. The van der Waals surface area contributed by atoms with Gasteiger partial charge >= 0.3 is 5.97 Å². The number of nitrogens with one attached hydrogen (secondary N) is 1. The molecule has 1 saturated carbocycles. The number of esters is 1. The molecule has 0 bridgehead atoms. The molecule has 0 spiro atoms. The lowest BCUT2D eigenvalue weighted by atomic mass is 9.92. The van der Waals surface area contributed by atoms with Gasteiger partial charge in [0.1, 0.15) is 11.2 Å². The first-order valence-corrected chi connectivity index (χ1v) is 10.1. The second-order valence-corrected chi connectivity index (χ2v) is 7.55. The number of carbonyl (C=O) groups is 2. The molecule has 1 amide bonds. The van der Waals surface area contributed by atoms with Gasteiger partial charge in [-0.05, 0) is 66.1 Å². The molecule has 7 nitrogen and oxygen atoms in total. The second kappa shape index (κ2) is 9.50. The molecule has 8 heteroatoms. The molecule has 150 valence electrons. The minimum absolute atomic E-state index is 0.162. The van der Waals surface area contributed by atoms with E-state index in [0.717, 1.165) is 6.42 Å². The van der Waals surface area contributed by atoms with E-state index in [1.54, 1.807) is 19.1 Å². The zero-order valence-electron chi connectivity index (χ0n) is 16.0. The van der Waals surface area contributed by atoms with Gasteiger partial charge in [-0.25, -0.2) is 9.78 Å². The maximum Gasteiger partial charge on any atom is 0.331 e. The number of hydrogen-bond acceptors (Lipinski definition) is 6. The van der Waals surface area contributed by atoms with Crippen molar-refractivity contribution in [1.82, 2.24) is 10.3 Å². The molecule has 0 aliphatic heterocycles. The Hall–Kier alpha value is -1.67. The van der Waals surface area contributed by atoms with Crippen LogP contribution in [0.25, 0.3) is 0 Å². The summed E-state index contributed by atoms with van der Waals surface area (Å²) in [5.74, 6) is 0.0258. The third kappa shape index (κ3) is 5.19. The standard InChI is InChI=1S/C19H27BrN2O5/c1-4-19(5-2,18(25)26-6-3)22-16(24)15-8-7-14(20)17(21-15)27-11-13-9-12(13)10-23/h7-8,12-13,23H,4-6,9-11H2,1-3H3,(H,22,24)/t12-,13-/m1/s1. The highest BCUT2D eigenvalue weighted by molar-refractivity contribution is 9.10. The summed E-state index contributed by atoms with van der Waals surface area (Å²) in [4.78, 5) is 29.3. The smallest absolute Gasteiger partial charge is 0.331 e. The van der Waals surface area contributed by atoms with Crippen LogP contribution in [0, 0.1) is 11.8 Å². The van der Waals surface area contributed by atoms with Crippen LogP contribution in [-0.2, 0) is 9.53 Å². The van der Waals surface area contributed by atoms with Crippen molar-refractivity contribution < 1.29 is 24.2 Å². The number of carbonyl (C=O) groups excluding carboxylic acids is 2. The maximum atomic E-state index is 12.7. The van der Waals surface area contributed by atoms with Gasteiger partial charge in [0.25, 0.3) is 5.91 Å². The number of halogens is 1. The second-order valence-electron chi connectivity index (χ2n) is 6.70. The Bertz CT molecular complexity index is 678. The Labute approximate surface area is 168 Å². The highest BCUT2D eigenvalue weighted by Crippen LogP contribution is 2.38. The number of ether oxygens (including phenoxy) is 2. The Morgan fingerprint density at radius 2 is 2.00 bits per heavy atom. The van der Waals surface area contributed by atoms with Crippen LogP contribution < -0.4 is 10.1 Å². The van der Waals surface area contributed by atoms with Gasteiger partial charge in [-0.3, -0.25) is 4.79 Å². The first-order chi connectivity index (χ1) is 12.9. The van der Waals surface area contributed by atoms with Crippen LogP contribution in [0.15, 0.2) is 16.6 Å². The average molecular weight is 443 g/mol. The van der Waals surface area contributed by atoms with Crippen molar-refractivity contribution >= 4 is 27.8 Å². The summed E-state index contributed by atoms with van der Waals surface area (Å²) in [6, 6.07) is 3.26. The van der Waals surface area contributed by atoms with Crippen molar-refractivity contribution in [2.24, 2.45) is 11.8 Å². The van der Waals surface area contributed by atoms with E-state index in [2.05, 4.69) is 26.2 Å². The lowest BCUT2D eigenvalue weighted by molar-refractivity contribution is -0.151. The molecular weight excluding hydrogens is 416 g/mol. The molecule has 1 aliphatic rings. The van der Waals surface area contributed by atoms with Crippen molar-refractivity contribution in [1.29, 1.82) is 0 Å². The van der Waals surface area contributed by atoms with Crippen molar-refractivity contribution in [3.05, 3.63) is 22.3 Å². The average Bonchev–Trinajstić information content (AvgIpc) is 3.44.